The SMILES string of the molecule is Cc1cccc(S(=O)(=O)NC(=O)c2c3ccc(OCC#N)cc3n3ccccc23)c1. The van der Waals surface area contributed by atoms with E-state index in [9.17, 15) is 13.2 Å². The van der Waals surface area contributed by atoms with Crippen LogP contribution in [0.15, 0.2) is 71.8 Å². The smallest absolute Gasteiger partial charge is 0.267 e. The summed E-state index contributed by atoms with van der Waals surface area (Å²) in [6.45, 7) is 1.68. The Bertz CT molecular complexity index is 1430. The van der Waals surface area contributed by atoms with Gasteiger partial charge in [-0.3, -0.25) is 4.79 Å². The highest BCUT2D eigenvalue weighted by Gasteiger charge is 2.24. The number of aryl methyl sites for hydroxylation is 1. The molecule has 0 bridgehead atoms. The number of pyridine rings is 1. The third kappa shape index (κ3) is 3.47. The summed E-state index contributed by atoms with van der Waals surface area (Å²) in [6, 6.07) is 18.6. The molecule has 0 saturated carbocycles. The van der Waals surface area contributed by atoms with Gasteiger partial charge in [0.05, 0.1) is 21.5 Å². The second kappa shape index (κ2) is 7.54. The molecule has 0 aliphatic heterocycles. The summed E-state index contributed by atoms with van der Waals surface area (Å²) in [5.41, 5.74) is 2.24. The number of aromatic nitrogens is 1. The van der Waals surface area contributed by atoms with Gasteiger partial charge in [-0.15, -0.1) is 0 Å². The molecule has 8 heteroatoms. The highest BCUT2D eigenvalue weighted by Crippen LogP contribution is 2.30. The van der Waals surface area contributed by atoms with Gasteiger partial charge in [0.15, 0.2) is 6.61 Å². The first-order valence-corrected chi connectivity index (χ1v) is 10.6. The summed E-state index contributed by atoms with van der Waals surface area (Å²) in [7, 11) is -4.04. The first kappa shape index (κ1) is 19.5. The third-order valence-electron chi connectivity index (χ3n) is 4.67. The number of carbonyl (C=O) groups is 1. The van der Waals surface area contributed by atoms with Gasteiger partial charge in [0.25, 0.3) is 15.9 Å². The van der Waals surface area contributed by atoms with Gasteiger partial charge in [-0.25, -0.2) is 13.1 Å². The predicted octanol–water partition coefficient (Wildman–Crippen LogP) is 3.42. The minimum absolute atomic E-state index is 0.0239. The van der Waals surface area contributed by atoms with E-state index in [1.165, 1.54) is 12.1 Å². The van der Waals surface area contributed by atoms with Crippen molar-refractivity contribution in [2.75, 3.05) is 6.61 Å². The van der Waals surface area contributed by atoms with Crippen LogP contribution in [0.25, 0.3) is 16.4 Å². The van der Waals surface area contributed by atoms with Gasteiger partial charge >= 0.3 is 0 Å². The molecule has 4 rings (SSSR count). The molecule has 7 nitrogen and oxygen atoms in total. The normalized spacial score (nSPS) is 11.3. The van der Waals surface area contributed by atoms with Crippen LogP contribution in [-0.4, -0.2) is 25.3 Å². The molecule has 2 aromatic heterocycles. The van der Waals surface area contributed by atoms with Crippen LogP contribution in [0.1, 0.15) is 15.9 Å². The predicted molar refractivity (Wildman–Crippen MR) is 112 cm³/mol. The lowest BCUT2D eigenvalue weighted by Crippen LogP contribution is -2.30. The van der Waals surface area contributed by atoms with E-state index >= 15 is 0 Å². The zero-order chi connectivity index (χ0) is 21.3. The fourth-order valence-electron chi connectivity index (χ4n) is 3.38. The number of hydrogen-bond acceptors (Lipinski definition) is 5. The third-order valence-corrected chi connectivity index (χ3v) is 6.00. The van der Waals surface area contributed by atoms with E-state index in [1.54, 1.807) is 66.1 Å². The Labute approximate surface area is 173 Å². The number of hydrogen-bond donors (Lipinski definition) is 1. The molecular formula is C22H17N3O4S. The zero-order valence-electron chi connectivity index (χ0n) is 16.0. The van der Waals surface area contributed by atoms with E-state index in [0.717, 1.165) is 5.56 Å². The molecule has 0 aliphatic rings. The maximum absolute atomic E-state index is 13.1. The van der Waals surface area contributed by atoms with Gasteiger partial charge in [-0.1, -0.05) is 18.2 Å². The number of amides is 1. The second-order valence-corrected chi connectivity index (χ2v) is 8.39. The Kier molecular flexibility index (Phi) is 4.90. The van der Waals surface area contributed by atoms with Gasteiger partial charge < -0.3 is 9.14 Å². The Morgan fingerprint density at radius 3 is 2.70 bits per heavy atom. The average Bonchev–Trinajstić information content (AvgIpc) is 3.06. The maximum Gasteiger partial charge on any atom is 0.267 e. The molecular weight excluding hydrogens is 402 g/mol. The topological polar surface area (TPSA) is 101 Å². The molecule has 0 atom stereocenters. The molecule has 0 spiro atoms. The van der Waals surface area contributed by atoms with Crippen molar-refractivity contribution in [1.82, 2.24) is 9.12 Å². The van der Waals surface area contributed by atoms with Gasteiger partial charge in [-0.05, 0) is 48.9 Å². The van der Waals surface area contributed by atoms with Crippen LogP contribution in [-0.2, 0) is 10.0 Å². The molecule has 4 aromatic rings. The Morgan fingerprint density at radius 1 is 1.10 bits per heavy atom. The van der Waals surface area contributed by atoms with Crippen LogP contribution in [0.4, 0.5) is 0 Å². The fraction of sp³-hybridized carbons (Fsp3) is 0.0909. The van der Waals surface area contributed by atoms with E-state index in [2.05, 4.69) is 4.72 Å². The summed E-state index contributed by atoms with van der Waals surface area (Å²) in [5, 5.41) is 9.29. The number of sulfonamides is 1. The zero-order valence-corrected chi connectivity index (χ0v) is 16.8. The van der Waals surface area contributed by atoms with Crippen molar-refractivity contribution in [1.29, 1.82) is 5.26 Å². The summed E-state index contributed by atoms with van der Waals surface area (Å²) in [4.78, 5) is 13.1. The van der Waals surface area contributed by atoms with Crippen molar-refractivity contribution in [3.63, 3.8) is 0 Å². The molecule has 1 N–H and O–H groups in total. The second-order valence-electron chi connectivity index (χ2n) is 6.71. The molecule has 0 unspecified atom stereocenters. The van der Waals surface area contributed by atoms with Crippen molar-refractivity contribution < 1.29 is 17.9 Å². The van der Waals surface area contributed by atoms with Gasteiger partial charge in [0, 0.05) is 17.6 Å². The van der Waals surface area contributed by atoms with Crippen molar-refractivity contribution in [3.05, 3.63) is 78.0 Å². The van der Waals surface area contributed by atoms with E-state index in [-0.39, 0.29) is 17.1 Å². The van der Waals surface area contributed by atoms with Gasteiger partial charge in [-0.2, -0.15) is 5.26 Å². The molecule has 30 heavy (non-hydrogen) atoms. The molecule has 0 radical (unpaired) electrons. The maximum atomic E-state index is 13.1. The molecule has 0 saturated heterocycles. The Morgan fingerprint density at radius 2 is 1.93 bits per heavy atom. The average molecular weight is 419 g/mol. The fourth-order valence-corrected chi connectivity index (χ4v) is 4.44. The van der Waals surface area contributed by atoms with Crippen LogP contribution in [0.3, 0.4) is 0 Å². The van der Waals surface area contributed by atoms with Crippen LogP contribution in [0.2, 0.25) is 0 Å². The largest absolute Gasteiger partial charge is 0.479 e. The summed E-state index contributed by atoms with van der Waals surface area (Å²) in [5.74, 6) is -0.243. The number of nitrogens with one attached hydrogen (secondary N) is 1. The van der Waals surface area contributed by atoms with Crippen molar-refractivity contribution in [3.8, 4) is 11.8 Å². The molecule has 1 amide bonds. The number of fused-ring (bicyclic) bond motifs is 3. The summed E-state index contributed by atoms with van der Waals surface area (Å²) >= 11 is 0. The van der Waals surface area contributed by atoms with E-state index < -0.39 is 15.9 Å². The van der Waals surface area contributed by atoms with Crippen molar-refractivity contribution in [2.24, 2.45) is 0 Å². The molecule has 150 valence electrons. The van der Waals surface area contributed by atoms with Gasteiger partial charge in [0.2, 0.25) is 0 Å². The Hall–Kier alpha value is -3.83. The highest BCUT2D eigenvalue weighted by atomic mass is 32.2. The molecule has 0 fully saturated rings. The lowest BCUT2D eigenvalue weighted by atomic mass is 10.1. The highest BCUT2D eigenvalue weighted by molar-refractivity contribution is 7.90. The quantitative estimate of drug-likeness (QED) is 0.534. The van der Waals surface area contributed by atoms with Gasteiger partial charge in [0.1, 0.15) is 11.8 Å². The lowest BCUT2D eigenvalue weighted by Gasteiger charge is -2.08. The number of rotatable bonds is 5. The van der Waals surface area contributed by atoms with Crippen LogP contribution < -0.4 is 9.46 Å². The first-order valence-electron chi connectivity index (χ1n) is 9.07. The van der Waals surface area contributed by atoms with Crippen molar-refractivity contribution >= 4 is 32.4 Å². The minimum Gasteiger partial charge on any atom is -0.479 e. The number of benzene rings is 2. The van der Waals surface area contributed by atoms with Crippen molar-refractivity contribution in [2.45, 2.75) is 11.8 Å². The number of nitriles is 1. The summed E-state index contributed by atoms with van der Waals surface area (Å²) < 4.78 is 34.8. The number of ether oxygens (including phenoxy) is 1. The first-order chi connectivity index (χ1) is 14.4. The van der Waals surface area contributed by atoms with E-state index in [4.69, 9.17) is 10.00 Å². The number of carbonyl (C=O) groups excluding carboxylic acids is 1. The molecule has 2 heterocycles. The molecule has 2 aromatic carbocycles. The Balaban J connectivity index is 1.81. The standard InChI is InChI=1S/C22H17N3O4S/c1-15-5-4-6-17(13-15)30(27,28)24-22(26)21-18-9-8-16(29-12-10-23)14-20(18)25-11-3-2-7-19(21)25/h2-9,11,13-14H,12H2,1H3,(H,24,26). The summed E-state index contributed by atoms with van der Waals surface area (Å²) in [6.07, 6.45) is 1.78. The minimum atomic E-state index is -4.04. The van der Waals surface area contributed by atoms with Crippen LogP contribution in [0.5, 0.6) is 5.75 Å². The van der Waals surface area contributed by atoms with Crippen LogP contribution in [0, 0.1) is 18.3 Å². The van der Waals surface area contributed by atoms with E-state index in [1.807, 2.05) is 6.07 Å². The molecule has 0 aliphatic carbocycles. The number of nitrogens with zero attached hydrogens (tertiary/aromatic N) is 2. The van der Waals surface area contributed by atoms with Crippen LogP contribution >= 0.6 is 0 Å². The lowest BCUT2D eigenvalue weighted by molar-refractivity contribution is 0.0984. The van der Waals surface area contributed by atoms with E-state index in [0.29, 0.717) is 22.2 Å². The monoisotopic (exact) mass is 419 g/mol.